The van der Waals surface area contributed by atoms with Crippen LogP contribution in [0.2, 0.25) is 0 Å². The summed E-state index contributed by atoms with van der Waals surface area (Å²) < 4.78 is 0. The van der Waals surface area contributed by atoms with Crippen LogP contribution in [-0.4, -0.2) is 23.2 Å². The Labute approximate surface area is 43.5 Å². The number of hydroxylamine groups is 2. The van der Waals surface area contributed by atoms with Gasteiger partial charge in [-0.2, -0.15) is 0 Å². The van der Waals surface area contributed by atoms with Crippen LogP contribution in [0.3, 0.4) is 0 Å². The summed E-state index contributed by atoms with van der Waals surface area (Å²) in [7, 11) is 1.28. The van der Waals surface area contributed by atoms with Crippen LogP contribution in [0.25, 0.3) is 0 Å². The summed E-state index contributed by atoms with van der Waals surface area (Å²) in [5.74, 6) is -0.352. The van der Waals surface area contributed by atoms with E-state index in [1.165, 1.54) is 14.0 Å². The van der Waals surface area contributed by atoms with E-state index in [2.05, 4.69) is 0 Å². The Morgan fingerprint density at radius 2 is 1.86 bits per heavy atom. The lowest BCUT2D eigenvalue weighted by Crippen LogP contribution is -2.17. The highest BCUT2D eigenvalue weighted by Gasteiger charge is 1.90. The zero-order chi connectivity index (χ0) is 5.15. The number of rotatable bonds is 0. The lowest BCUT2D eigenvalue weighted by atomic mass is 10.7. The minimum atomic E-state index is -0.352. The van der Waals surface area contributed by atoms with Crippen LogP contribution < -0.4 is 0 Å². The standard InChI is InChI=1S/C3H7NO2.CH4/c1-3(5)4(2)6;/h6H,1-2H3;1H4. The first kappa shape index (κ1) is 9.66. The summed E-state index contributed by atoms with van der Waals surface area (Å²) in [6.07, 6.45) is 0. The van der Waals surface area contributed by atoms with Gasteiger partial charge in [-0.05, 0) is 0 Å². The Morgan fingerprint density at radius 1 is 1.71 bits per heavy atom. The number of amides is 1. The molecule has 0 aliphatic carbocycles. The van der Waals surface area contributed by atoms with Gasteiger partial charge in [-0.15, -0.1) is 0 Å². The smallest absolute Gasteiger partial charge is 0.242 e. The SMILES string of the molecule is C.CC(=O)N(C)O. The molecular formula is C4H11NO2. The van der Waals surface area contributed by atoms with Crippen molar-refractivity contribution >= 4 is 5.91 Å². The fourth-order valence-electron chi connectivity index (χ4n) is 0. The molecule has 0 spiro atoms. The molecule has 0 aliphatic heterocycles. The first-order valence-electron chi connectivity index (χ1n) is 1.57. The van der Waals surface area contributed by atoms with E-state index in [-0.39, 0.29) is 13.3 Å². The normalized spacial score (nSPS) is 6.71. The van der Waals surface area contributed by atoms with Crippen molar-refractivity contribution in [2.24, 2.45) is 0 Å². The number of nitrogens with zero attached hydrogens (tertiary/aromatic N) is 1. The van der Waals surface area contributed by atoms with Crippen molar-refractivity contribution in [3.63, 3.8) is 0 Å². The van der Waals surface area contributed by atoms with Gasteiger partial charge in [-0.3, -0.25) is 10.0 Å². The Kier molecular flexibility index (Phi) is 4.99. The minimum absolute atomic E-state index is 0. The van der Waals surface area contributed by atoms with Gasteiger partial charge in [-0.25, -0.2) is 5.06 Å². The lowest BCUT2D eigenvalue weighted by molar-refractivity contribution is -0.156. The molecule has 0 saturated carbocycles. The molecule has 0 unspecified atom stereocenters. The highest BCUT2D eigenvalue weighted by Crippen LogP contribution is 1.68. The van der Waals surface area contributed by atoms with Crippen LogP contribution in [0, 0.1) is 0 Å². The molecular weight excluding hydrogens is 94.0 g/mol. The average Bonchev–Trinajstić information content (AvgIpc) is 1.36. The van der Waals surface area contributed by atoms with Gasteiger partial charge in [0, 0.05) is 14.0 Å². The molecule has 0 saturated heterocycles. The van der Waals surface area contributed by atoms with Gasteiger partial charge in [0.2, 0.25) is 5.91 Å². The predicted molar refractivity (Wildman–Crippen MR) is 27.0 cm³/mol. The van der Waals surface area contributed by atoms with Crippen LogP contribution in [-0.2, 0) is 4.79 Å². The Hall–Kier alpha value is -0.570. The minimum Gasteiger partial charge on any atom is -0.286 e. The van der Waals surface area contributed by atoms with Gasteiger partial charge in [0.25, 0.3) is 0 Å². The van der Waals surface area contributed by atoms with E-state index in [4.69, 9.17) is 5.21 Å². The molecule has 0 aromatic carbocycles. The van der Waals surface area contributed by atoms with Crippen LogP contribution in [0.1, 0.15) is 14.4 Å². The third kappa shape index (κ3) is 5.43. The molecule has 0 bridgehead atoms. The van der Waals surface area contributed by atoms with Gasteiger partial charge < -0.3 is 0 Å². The van der Waals surface area contributed by atoms with E-state index in [1.54, 1.807) is 0 Å². The zero-order valence-electron chi connectivity index (χ0n) is 3.80. The molecule has 3 nitrogen and oxygen atoms in total. The summed E-state index contributed by atoms with van der Waals surface area (Å²) in [5, 5.41) is 8.64. The van der Waals surface area contributed by atoms with Gasteiger partial charge in [0.05, 0.1) is 0 Å². The molecule has 0 rings (SSSR count). The lowest BCUT2D eigenvalue weighted by Gasteiger charge is -1.99. The van der Waals surface area contributed by atoms with Crippen molar-refractivity contribution in [1.82, 2.24) is 5.06 Å². The molecule has 0 aliphatic rings. The highest BCUT2D eigenvalue weighted by atomic mass is 16.5. The van der Waals surface area contributed by atoms with Crippen LogP contribution >= 0.6 is 0 Å². The maximum Gasteiger partial charge on any atom is 0.242 e. The van der Waals surface area contributed by atoms with Crippen molar-refractivity contribution in [2.75, 3.05) is 7.05 Å². The van der Waals surface area contributed by atoms with Gasteiger partial charge >= 0.3 is 0 Å². The summed E-state index contributed by atoms with van der Waals surface area (Å²) in [6, 6.07) is 0. The van der Waals surface area contributed by atoms with E-state index < -0.39 is 0 Å². The maximum atomic E-state index is 9.82. The summed E-state index contributed by atoms with van der Waals surface area (Å²) in [6.45, 7) is 1.28. The molecule has 0 heterocycles. The molecule has 0 fully saturated rings. The number of hydrogen-bond acceptors (Lipinski definition) is 2. The van der Waals surface area contributed by atoms with Crippen LogP contribution in [0.15, 0.2) is 0 Å². The van der Waals surface area contributed by atoms with Crippen molar-refractivity contribution in [3.05, 3.63) is 0 Å². The number of carbonyl (C=O) groups is 1. The van der Waals surface area contributed by atoms with Crippen molar-refractivity contribution in [2.45, 2.75) is 14.4 Å². The first-order valence-corrected chi connectivity index (χ1v) is 1.57. The zero-order valence-corrected chi connectivity index (χ0v) is 3.80. The summed E-state index contributed by atoms with van der Waals surface area (Å²) in [4.78, 5) is 9.82. The quantitative estimate of drug-likeness (QED) is 0.360. The second-order valence-electron chi connectivity index (χ2n) is 1.04. The van der Waals surface area contributed by atoms with E-state index in [0.29, 0.717) is 5.06 Å². The third-order valence-corrected chi connectivity index (χ3v) is 0.456. The number of hydrogen-bond donors (Lipinski definition) is 1. The third-order valence-electron chi connectivity index (χ3n) is 0.456. The monoisotopic (exact) mass is 105 g/mol. The fraction of sp³-hybridized carbons (Fsp3) is 0.750. The number of carbonyl (C=O) groups excluding carboxylic acids is 1. The molecule has 44 valence electrons. The molecule has 1 N–H and O–H groups in total. The second kappa shape index (κ2) is 3.61. The predicted octanol–water partition coefficient (Wildman–Crippen LogP) is 0.490. The van der Waals surface area contributed by atoms with Crippen molar-refractivity contribution in [3.8, 4) is 0 Å². The highest BCUT2D eigenvalue weighted by molar-refractivity contribution is 5.71. The van der Waals surface area contributed by atoms with E-state index in [1.807, 2.05) is 0 Å². The van der Waals surface area contributed by atoms with Crippen molar-refractivity contribution < 1.29 is 10.0 Å². The average molecular weight is 105 g/mol. The van der Waals surface area contributed by atoms with Gasteiger partial charge in [-0.1, -0.05) is 7.43 Å². The molecule has 7 heavy (non-hydrogen) atoms. The molecule has 0 radical (unpaired) electrons. The molecule has 0 atom stereocenters. The fourth-order valence-corrected chi connectivity index (χ4v) is 0. The summed E-state index contributed by atoms with van der Waals surface area (Å²) >= 11 is 0. The first-order chi connectivity index (χ1) is 2.64. The maximum absolute atomic E-state index is 9.82. The van der Waals surface area contributed by atoms with Crippen LogP contribution in [0.4, 0.5) is 0 Å². The Morgan fingerprint density at radius 3 is 1.86 bits per heavy atom. The molecule has 3 heteroatoms. The molecule has 0 aromatic heterocycles. The second-order valence-corrected chi connectivity index (χ2v) is 1.04. The van der Waals surface area contributed by atoms with E-state index in [0.717, 1.165) is 0 Å². The molecule has 1 amide bonds. The van der Waals surface area contributed by atoms with Gasteiger partial charge in [0.1, 0.15) is 0 Å². The Balaban J connectivity index is 0. The van der Waals surface area contributed by atoms with Crippen molar-refractivity contribution in [1.29, 1.82) is 0 Å². The van der Waals surface area contributed by atoms with Gasteiger partial charge in [0.15, 0.2) is 0 Å². The largest absolute Gasteiger partial charge is 0.286 e. The topological polar surface area (TPSA) is 40.5 Å². The van der Waals surface area contributed by atoms with Crippen LogP contribution in [0.5, 0.6) is 0 Å². The Bertz CT molecular complexity index is 60.7. The van der Waals surface area contributed by atoms with E-state index in [9.17, 15) is 4.79 Å². The van der Waals surface area contributed by atoms with E-state index >= 15 is 0 Å². The summed E-state index contributed by atoms with van der Waals surface area (Å²) in [5.41, 5.74) is 0. The molecule has 0 aromatic rings.